The Balaban J connectivity index is 2.02. The van der Waals surface area contributed by atoms with Gasteiger partial charge in [0.15, 0.2) is 5.16 Å². The molecule has 1 aromatic carbocycles. The molecular formula is C14H17BrN4OS. The highest BCUT2D eigenvalue weighted by atomic mass is 79.9. The van der Waals surface area contributed by atoms with Crippen LogP contribution in [0, 0.1) is 0 Å². The number of thioether (sulfide) groups is 1. The first-order valence-corrected chi connectivity index (χ1v) is 8.45. The van der Waals surface area contributed by atoms with E-state index in [1.807, 2.05) is 23.6 Å². The van der Waals surface area contributed by atoms with Crippen LogP contribution in [-0.2, 0) is 23.5 Å². The predicted octanol–water partition coefficient (Wildman–Crippen LogP) is 2.77. The molecule has 0 aliphatic heterocycles. The van der Waals surface area contributed by atoms with Crippen LogP contribution in [0.3, 0.4) is 0 Å². The minimum atomic E-state index is -0.315. The molecule has 0 saturated carbocycles. The first-order valence-electron chi connectivity index (χ1n) is 6.67. The van der Waals surface area contributed by atoms with Crippen LogP contribution in [0.25, 0.3) is 0 Å². The van der Waals surface area contributed by atoms with Crippen LogP contribution in [0.2, 0.25) is 0 Å². The average Bonchev–Trinajstić information content (AvgIpc) is 2.86. The fourth-order valence-electron chi connectivity index (χ4n) is 1.89. The number of benzene rings is 1. The van der Waals surface area contributed by atoms with Crippen molar-refractivity contribution >= 4 is 33.6 Å². The maximum atomic E-state index is 10.9. The Kier molecular flexibility index (Phi) is 5.81. The van der Waals surface area contributed by atoms with Crippen molar-refractivity contribution in [3.8, 4) is 0 Å². The summed E-state index contributed by atoms with van der Waals surface area (Å²) in [5.74, 6) is 1.33. The molecule has 112 valence electrons. The van der Waals surface area contributed by atoms with Gasteiger partial charge in [-0.1, -0.05) is 39.8 Å². The lowest BCUT2D eigenvalue weighted by atomic mass is 10.2. The molecule has 2 rings (SSSR count). The van der Waals surface area contributed by atoms with E-state index in [4.69, 9.17) is 5.73 Å². The second kappa shape index (κ2) is 7.61. The Bertz CT molecular complexity index is 612. The van der Waals surface area contributed by atoms with E-state index in [1.165, 1.54) is 5.56 Å². The average molecular weight is 369 g/mol. The normalized spacial score (nSPS) is 10.8. The molecule has 0 fully saturated rings. The van der Waals surface area contributed by atoms with E-state index in [-0.39, 0.29) is 5.91 Å². The van der Waals surface area contributed by atoms with E-state index < -0.39 is 0 Å². The highest BCUT2D eigenvalue weighted by Gasteiger charge is 2.12. The van der Waals surface area contributed by atoms with Crippen molar-refractivity contribution in [2.75, 3.05) is 0 Å². The quantitative estimate of drug-likeness (QED) is 0.762. The SMILES string of the molecule is CCn1c(CCC(N)=O)nnc1SCc1ccc(Br)cc1. The molecule has 0 unspecified atom stereocenters. The van der Waals surface area contributed by atoms with Crippen LogP contribution >= 0.6 is 27.7 Å². The van der Waals surface area contributed by atoms with Crippen LogP contribution in [0.5, 0.6) is 0 Å². The maximum absolute atomic E-state index is 10.9. The van der Waals surface area contributed by atoms with E-state index in [9.17, 15) is 4.79 Å². The zero-order valence-electron chi connectivity index (χ0n) is 11.8. The number of nitrogens with zero attached hydrogens (tertiary/aromatic N) is 3. The third-order valence-electron chi connectivity index (χ3n) is 2.99. The minimum Gasteiger partial charge on any atom is -0.370 e. The van der Waals surface area contributed by atoms with E-state index >= 15 is 0 Å². The first-order chi connectivity index (χ1) is 10.1. The zero-order valence-corrected chi connectivity index (χ0v) is 14.2. The molecule has 0 bridgehead atoms. The number of carbonyl (C=O) groups excluding carboxylic acids is 1. The van der Waals surface area contributed by atoms with Crippen molar-refractivity contribution in [3.63, 3.8) is 0 Å². The summed E-state index contributed by atoms with van der Waals surface area (Å²) in [6, 6.07) is 8.22. The Morgan fingerprint density at radius 2 is 2.05 bits per heavy atom. The molecule has 1 amide bonds. The number of amides is 1. The molecule has 1 heterocycles. The standard InChI is InChI=1S/C14H17BrN4OS/c1-2-19-13(8-7-12(16)20)17-18-14(19)21-9-10-3-5-11(15)6-4-10/h3-6H,2,7-9H2,1H3,(H2,16,20). The van der Waals surface area contributed by atoms with Crippen LogP contribution < -0.4 is 5.73 Å². The van der Waals surface area contributed by atoms with Gasteiger partial charge in [0.1, 0.15) is 5.82 Å². The van der Waals surface area contributed by atoms with Crippen molar-refractivity contribution in [1.29, 1.82) is 0 Å². The molecule has 21 heavy (non-hydrogen) atoms. The van der Waals surface area contributed by atoms with Gasteiger partial charge >= 0.3 is 0 Å². The maximum Gasteiger partial charge on any atom is 0.217 e. The van der Waals surface area contributed by atoms with Gasteiger partial charge in [0.25, 0.3) is 0 Å². The molecule has 0 saturated heterocycles. The molecule has 0 radical (unpaired) electrons. The molecule has 0 atom stereocenters. The van der Waals surface area contributed by atoms with Crippen molar-refractivity contribution in [1.82, 2.24) is 14.8 Å². The summed E-state index contributed by atoms with van der Waals surface area (Å²) in [5.41, 5.74) is 6.41. The number of hydrogen-bond donors (Lipinski definition) is 1. The van der Waals surface area contributed by atoms with Crippen molar-refractivity contribution in [2.24, 2.45) is 5.73 Å². The predicted molar refractivity (Wildman–Crippen MR) is 86.9 cm³/mol. The molecule has 5 nitrogen and oxygen atoms in total. The van der Waals surface area contributed by atoms with E-state index in [0.29, 0.717) is 12.8 Å². The lowest BCUT2D eigenvalue weighted by Crippen LogP contribution is -2.13. The van der Waals surface area contributed by atoms with Gasteiger partial charge in [-0.05, 0) is 24.6 Å². The smallest absolute Gasteiger partial charge is 0.217 e. The number of aryl methyl sites for hydroxylation is 1. The van der Waals surface area contributed by atoms with Crippen LogP contribution in [0.15, 0.2) is 33.9 Å². The molecule has 7 heteroatoms. The molecule has 2 aromatic rings. The number of halogens is 1. The minimum absolute atomic E-state index is 0.301. The number of hydrogen-bond acceptors (Lipinski definition) is 4. The monoisotopic (exact) mass is 368 g/mol. The van der Waals surface area contributed by atoms with Crippen LogP contribution in [-0.4, -0.2) is 20.7 Å². The van der Waals surface area contributed by atoms with Crippen molar-refractivity contribution < 1.29 is 4.79 Å². The Morgan fingerprint density at radius 1 is 1.33 bits per heavy atom. The van der Waals surface area contributed by atoms with Gasteiger partial charge in [-0.2, -0.15) is 0 Å². The van der Waals surface area contributed by atoms with Gasteiger partial charge in [0, 0.05) is 29.6 Å². The molecular weight excluding hydrogens is 352 g/mol. The third kappa shape index (κ3) is 4.57. The largest absolute Gasteiger partial charge is 0.370 e. The Hall–Kier alpha value is -1.34. The molecule has 0 spiro atoms. The van der Waals surface area contributed by atoms with Crippen molar-refractivity contribution in [3.05, 3.63) is 40.1 Å². The summed E-state index contributed by atoms with van der Waals surface area (Å²) in [5, 5.41) is 9.25. The first kappa shape index (κ1) is 16.0. The zero-order chi connectivity index (χ0) is 15.2. The van der Waals surface area contributed by atoms with Gasteiger partial charge in [0.2, 0.25) is 5.91 Å². The summed E-state index contributed by atoms with van der Waals surface area (Å²) in [6.45, 7) is 2.82. The van der Waals surface area contributed by atoms with Gasteiger partial charge < -0.3 is 10.3 Å². The van der Waals surface area contributed by atoms with Gasteiger partial charge in [0.05, 0.1) is 0 Å². The number of nitrogens with two attached hydrogens (primary N) is 1. The van der Waals surface area contributed by atoms with Gasteiger partial charge in [-0.3, -0.25) is 4.79 Å². The number of aromatic nitrogens is 3. The number of carbonyl (C=O) groups is 1. The number of primary amides is 1. The fraction of sp³-hybridized carbons (Fsp3) is 0.357. The van der Waals surface area contributed by atoms with E-state index in [0.717, 1.165) is 27.8 Å². The van der Waals surface area contributed by atoms with E-state index in [1.54, 1.807) is 11.8 Å². The second-order valence-corrected chi connectivity index (χ2v) is 6.38. The van der Waals surface area contributed by atoms with Crippen LogP contribution in [0.4, 0.5) is 0 Å². The molecule has 1 aromatic heterocycles. The molecule has 0 aliphatic rings. The second-order valence-electron chi connectivity index (χ2n) is 4.52. The van der Waals surface area contributed by atoms with Crippen LogP contribution in [0.1, 0.15) is 24.7 Å². The van der Waals surface area contributed by atoms with Crippen molar-refractivity contribution in [2.45, 2.75) is 37.2 Å². The summed E-state index contributed by atoms with van der Waals surface area (Å²) in [4.78, 5) is 10.9. The number of rotatable bonds is 7. The summed E-state index contributed by atoms with van der Waals surface area (Å²) >= 11 is 5.07. The Labute approximate surface area is 136 Å². The molecule has 0 aliphatic carbocycles. The summed E-state index contributed by atoms with van der Waals surface area (Å²) in [7, 11) is 0. The molecule has 2 N–H and O–H groups in total. The highest BCUT2D eigenvalue weighted by Crippen LogP contribution is 2.23. The topological polar surface area (TPSA) is 73.8 Å². The fourth-order valence-corrected chi connectivity index (χ4v) is 3.13. The Morgan fingerprint density at radius 3 is 2.67 bits per heavy atom. The highest BCUT2D eigenvalue weighted by molar-refractivity contribution is 9.10. The third-order valence-corrected chi connectivity index (χ3v) is 4.55. The van der Waals surface area contributed by atoms with Gasteiger partial charge in [-0.25, -0.2) is 0 Å². The summed E-state index contributed by atoms with van der Waals surface area (Å²) in [6.07, 6.45) is 0.838. The lowest BCUT2D eigenvalue weighted by molar-refractivity contribution is -0.118. The van der Waals surface area contributed by atoms with Gasteiger partial charge in [-0.15, -0.1) is 10.2 Å². The summed E-state index contributed by atoms with van der Waals surface area (Å²) < 4.78 is 3.11. The lowest BCUT2D eigenvalue weighted by Gasteiger charge is -2.06. The van der Waals surface area contributed by atoms with E-state index in [2.05, 4.69) is 38.3 Å².